The molecule has 0 heterocycles. The lowest BCUT2D eigenvalue weighted by Crippen LogP contribution is -2.55. The fourth-order valence-corrected chi connectivity index (χ4v) is 3.28. The van der Waals surface area contributed by atoms with Crippen LogP contribution >= 0.6 is 0 Å². The number of benzene rings is 2. The lowest BCUT2D eigenvalue weighted by Gasteiger charge is -2.34. The van der Waals surface area contributed by atoms with Gasteiger partial charge in [0.2, 0.25) is 0 Å². The molecule has 0 spiro atoms. The molecule has 4 heteroatoms. The summed E-state index contributed by atoms with van der Waals surface area (Å²) in [6.07, 6.45) is 3.68. The van der Waals surface area contributed by atoms with Gasteiger partial charge in [-0.15, -0.1) is 0 Å². The zero-order valence-corrected chi connectivity index (χ0v) is 13.5. The summed E-state index contributed by atoms with van der Waals surface area (Å²) in [6, 6.07) is 17.2. The van der Waals surface area contributed by atoms with E-state index in [4.69, 9.17) is 0 Å². The maximum Gasteiger partial charge on any atom is 0.329 e. The number of carboxylic acid groups (broad SMARTS) is 1. The third kappa shape index (κ3) is 3.32. The van der Waals surface area contributed by atoms with E-state index in [9.17, 15) is 14.7 Å². The third-order valence-corrected chi connectivity index (χ3v) is 4.72. The number of rotatable bonds is 4. The van der Waals surface area contributed by atoms with Crippen LogP contribution in [0.5, 0.6) is 0 Å². The Labute approximate surface area is 141 Å². The Morgan fingerprint density at radius 1 is 0.833 bits per heavy atom. The van der Waals surface area contributed by atoms with Crippen molar-refractivity contribution in [2.45, 2.75) is 37.6 Å². The molecule has 1 saturated carbocycles. The minimum Gasteiger partial charge on any atom is -0.480 e. The van der Waals surface area contributed by atoms with E-state index in [1.165, 1.54) is 0 Å². The molecule has 1 fully saturated rings. The Morgan fingerprint density at radius 3 is 2.00 bits per heavy atom. The van der Waals surface area contributed by atoms with Gasteiger partial charge < -0.3 is 10.4 Å². The van der Waals surface area contributed by atoms with Gasteiger partial charge in [-0.05, 0) is 36.1 Å². The molecule has 0 unspecified atom stereocenters. The minimum absolute atomic E-state index is 0.320. The van der Waals surface area contributed by atoms with Gasteiger partial charge in [-0.25, -0.2) is 4.79 Å². The Balaban J connectivity index is 1.76. The number of carbonyl (C=O) groups excluding carboxylic acids is 1. The zero-order chi connectivity index (χ0) is 17.0. The number of carboxylic acids is 1. The van der Waals surface area contributed by atoms with Gasteiger partial charge in [-0.3, -0.25) is 4.79 Å². The normalized spacial score (nSPS) is 16.3. The van der Waals surface area contributed by atoms with Crippen LogP contribution in [0, 0.1) is 0 Å². The monoisotopic (exact) mass is 323 g/mol. The van der Waals surface area contributed by atoms with E-state index in [0.717, 1.165) is 30.4 Å². The second-order valence-electron chi connectivity index (χ2n) is 6.35. The molecule has 4 nitrogen and oxygen atoms in total. The summed E-state index contributed by atoms with van der Waals surface area (Å²) in [5, 5.41) is 12.3. The van der Waals surface area contributed by atoms with E-state index in [1.54, 1.807) is 12.1 Å². The first-order valence-electron chi connectivity index (χ1n) is 8.32. The SMILES string of the molecule is O=C(NC1(C(=O)O)CCCCC1)c1ccc(-c2ccccc2)cc1. The van der Waals surface area contributed by atoms with Gasteiger partial charge >= 0.3 is 5.97 Å². The maximum atomic E-state index is 12.5. The second kappa shape index (κ2) is 6.87. The highest BCUT2D eigenvalue weighted by atomic mass is 16.4. The van der Waals surface area contributed by atoms with Crippen LogP contribution in [-0.4, -0.2) is 22.5 Å². The fourth-order valence-electron chi connectivity index (χ4n) is 3.28. The van der Waals surface area contributed by atoms with E-state index in [-0.39, 0.29) is 5.91 Å². The lowest BCUT2D eigenvalue weighted by molar-refractivity contribution is -0.145. The zero-order valence-electron chi connectivity index (χ0n) is 13.5. The van der Waals surface area contributed by atoms with Crippen molar-refractivity contribution in [2.24, 2.45) is 0 Å². The molecule has 3 rings (SSSR count). The van der Waals surface area contributed by atoms with Gasteiger partial charge in [-0.2, -0.15) is 0 Å². The van der Waals surface area contributed by atoms with Crippen molar-refractivity contribution in [2.75, 3.05) is 0 Å². The second-order valence-corrected chi connectivity index (χ2v) is 6.35. The molecule has 0 aromatic heterocycles. The molecule has 1 aliphatic rings. The molecule has 1 aliphatic carbocycles. The molecule has 0 aliphatic heterocycles. The first kappa shape index (κ1) is 16.2. The highest BCUT2D eigenvalue weighted by molar-refractivity contribution is 5.98. The average molecular weight is 323 g/mol. The topological polar surface area (TPSA) is 66.4 Å². The van der Waals surface area contributed by atoms with E-state index < -0.39 is 11.5 Å². The standard InChI is InChI=1S/C20H21NO3/c22-18(21-20(19(23)24)13-5-2-6-14-20)17-11-9-16(10-12-17)15-7-3-1-4-8-15/h1,3-4,7-12H,2,5-6,13-14H2,(H,21,22)(H,23,24). The molecule has 1 amide bonds. The largest absolute Gasteiger partial charge is 0.480 e. The van der Waals surface area contributed by atoms with E-state index in [2.05, 4.69) is 5.32 Å². The molecule has 0 atom stereocenters. The van der Waals surface area contributed by atoms with E-state index in [0.29, 0.717) is 18.4 Å². The lowest BCUT2D eigenvalue weighted by atomic mass is 9.81. The average Bonchev–Trinajstić information content (AvgIpc) is 2.63. The molecule has 2 aromatic rings. The maximum absolute atomic E-state index is 12.5. The van der Waals surface area contributed by atoms with Gasteiger partial charge in [0.15, 0.2) is 0 Å². The van der Waals surface area contributed by atoms with Gasteiger partial charge in [0.1, 0.15) is 5.54 Å². The first-order valence-corrected chi connectivity index (χ1v) is 8.32. The van der Waals surface area contributed by atoms with E-state index >= 15 is 0 Å². The van der Waals surface area contributed by atoms with Crippen LogP contribution in [0.15, 0.2) is 54.6 Å². The van der Waals surface area contributed by atoms with Crippen molar-refractivity contribution in [3.05, 3.63) is 60.2 Å². The Kier molecular flexibility index (Phi) is 4.65. The predicted octanol–water partition coefficient (Wildman–Crippen LogP) is 3.87. The van der Waals surface area contributed by atoms with Crippen LogP contribution in [0.1, 0.15) is 42.5 Å². The number of hydrogen-bond acceptors (Lipinski definition) is 2. The summed E-state index contributed by atoms with van der Waals surface area (Å²) < 4.78 is 0. The van der Waals surface area contributed by atoms with Crippen molar-refractivity contribution >= 4 is 11.9 Å². The summed E-state index contributed by atoms with van der Waals surface area (Å²) >= 11 is 0. The Morgan fingerprint density at radius 2 is 1.42 bits per heavy atom. The molecule has 2 aromatic carbocycles. The first-order chi connectivity index (χ1) is 11.6. The number of carbonyl (C=O) groups is 2. The number of amides is 1. The highest BCUT2D eigenvalue weighted by Gasteiger charge is 2.41. The number of nitrogens with one attached hydrogen (secondary N) is 1. The van der Waals surface area contributed by atoms with Gasteiger partial charge in [0.05, 0.1) is 0 Å². The van der Waals surface area contributed by atoms with Crippen molar-refractivity contribution < 1.29 is 14.7 Å². The van der Waals surface area contributed by atoms with Crippen molar-refractivity contribution in [1.29, 1.82) is 0 Å². The van der Waals surface area contributed by atoms with Gasteiger partial charge in [0, 0.05) is 5.56 Å². The van der Waals surface area contributed by atoms with Crippen LogP contribution in [-0.2, 0) is 4.79 Å². The Hall–Kier alpha value is -2.62. The molecule has 0 radical (unpaired) electrons. The predicted molar refractivity (Wildman–Crippen MR) is 92.8 cm³/mol. The van der Waals surface area contributed by atoms with Gasteiger partial charge in [-0.1, -0.05) is 61.7 Å². The summed E-state index contributed by atoms with van der Waals surface area (Å²) in [4.78, 5) is 24.2. The molecular weight excluding hydrogens is 302 g/mol. The molecule has 0 saturated heterocycles. The third-order valence-electron chi connectivity index (χ3n) is 4.72. The summed E-state index contributed by atoms with van der Waals surface area (Å²) in [6.45, 7) is 0. The summed E-state index contributed by atoms with van der Waals surface area (Å²) in [5.41, 5.74) is 1.48. The van der Waals surface area contributed by atoms with Crippen LogP contribution in [0.3, 0.4) is 0 Å². The molecule has 124 valence electrons. The smallest absolute Gasteiger partial charge is 0.329 e. The number of aliphatic carboxylic acids is 1. The van der Waals surface area contributed by atoms with Crippen LogP contribution in [0.2, 0.25) is 0 Å². The highest BCUT2D eigenvalue weighted by Crippen LogP contribution is 2.29. The van der Waals surface area contributed by atoms with Crippen molar-refractivity contribution in [1.82, 2.24) is 5.32 Å². The number of hydrogen-bond donors (Lipinski definition) is 2. The molecule has 24 heavy (non-hydrogen) atoms. The minimum atomic E-state index is -1.12. The fraction of sp³-hybridized carbons (Fsp3) is 0.300. The van der Waals surface area contributed by atoms with Gasteiger partial charge in [0.25, 0.3) is 5.91 Å². The Bertz CT molecular complexity index is 716. The van der Waals surface area contributed by atoms with Crippen molar-refractivity contribution in [3.8, 4) is 11.1 Å². The van der Waals surface area contributed by atoms with Crippen LogP contribution in [0.25, 0.3) is 11.1 Å². The van der Waals surface area contributed by atoms with Crippen LogP contribution in [0.4, 0.5) is 0 Å². The molecular formula is C20H21NO3. The summed E-state index contributed by atoms with van der Waals surface area (Å²) in [7, 11) is 0. The molecule has 0 bridgehead atoms. The molecule has 2 N–H and O–H groups in total. The van der Waals surface area contributed by atoms with Crippen molar-refractivity contribution in [3.63, 3.8) is 0 Å². The quantitative estimate of drug-likeness (QED) is 0.897. The summed E-state index contributed by atoms with van der Waals surface area (Å²) in [5.74, 6) is -1.25. The van der Waals surface area contributed by atoms with Crippen LogP contribution < -0.4 is 5.32 Å². The van der Waals surface area contributed by atoms with E-state index in [1.807, 2.05) is 42.5 Å².